The van der Waals surface area contributed by atoms with E-state index in [4.69, 9.17) is 0 Å². The fourth-order valence-corrected chi connectivity index (χ4v) is 4.90. The molecule has 3 amide bonds. The molecule has 0 aromatic carbocycles. The van der Waals surface area contributed by atoms with E-state index >= 15 is 0 Å². The van der Waals surface area contributed by atoms with Gasteiger partial charge in [0, 0.05) is 18.0 Å². The first kappa shape index (κ1) is 17.9. The first-order chi connectivity index (χ1) is 11.9. The lowest BCUT2D eigenvalue weighted by atomic mass is 10.2. The lowest BCUT2D eigenvalue weighted by molar-refractivity contribution is -0.117. The summed E-state index contributed by atoms with van der Waals surface area (Å²) in [7, 11) is 1.67. The average Bonchev–Trinajstić information content (AvgIpc) is 3.08. The highest BCUT2D eigenvalue weighted by Gasteiger charge is 2.22. The molecule has 2 aromatic rings. The van der Waals surface area contributed by atoms with Crippen LogP contribution in [0.3, 0.4) is 0 Å². The summed E-state index contributed by atoms with van der Waals surface area (Å²) in [6, 6.07) is -0.571. The number of aromatic nitrogens is 2. The van der Waals surface area contributed by atoms with E-state index in [1.54, 1.807) is 18.4 Å². The monoisotopic (exact) mass is 380 g/mol. The fraction of sp³-hybridized carbons (Fsp3) is 0.500. The van der Waals surface area contributed by atoms with Crippen molar-refractivity contribution >= 4 is 45.3 Å². The molecule has 3 rings (SSSR count). The van der Waals surface area contributed by atoms with Crippen molar-refractivity contribution in [2.45, 2.75) is 44.3 Å². The van der Waals surface area contributed by atoms with Gasteiger partial charge < -0.3 is 5.32 Å². The predicted molar refractivity (Wildman–Crippen MR) is 99.4 cm³/mol. The molecule has 0 bridgehead atoms. The Labute approximate surface area is 153 Å². The number of aryl methyl sites for hydroxylation is 2. The van der Waals surface area contributed by atoms with E-state index in [0.717, 1.165) is 46.8 Å². The molecular formula is C16H20N4O3S2. The van der Waals surface area contributed by atoms with Crippen LogP contribution in [0.4, 0.5) is 4.79 Å². The van der Waals surface area contributed by atoms with Gasteiger partial charge in [0.2, 0.25) is 5.91 Å². The maximum absolute atomic E-state index is 12.7. The van der Waals surface area contributed by atoms with Crippen molar-refractivity contribution in [2.75, 3.05) is 5.75 Å². The van der Waals surface area contributed by atoms with Crippen LogP contribution in [0.2, 0.25) is 0 Å². The predicted octanol–water partition coefficient (Wildman–Crippen LogP) is 1.81. The molecule has 0 radical (unpaired) electrons. The summed E-state index contributed by atoms with van der Waals surface area (Å²) in [5.41, 5.74) is 1.08. The number of thioether (sulfide) groups is 1. The Bertz CT molecular complexity index is 901. The van der Waals surface area contributed by atoms with Crippen LogP contribution in [-0.2, 0) is 24.7 Å². The summed E-state index contributed by atoms with van der Waals surface area (Å²) in [5.74, 6) is -0.409. The highest BCUT2D eigenvalue weighted by Crippen LogP contribution is 2.35. The Morgan fingerprint density at radius 3 is 2.84 bits per heavy atom. The normalized spacial score (nSPS) is 13.3. The van der Waals surface area contributed by atoms with Gasteiger partial charge in [-0.15, -0.1) is 11.3 Å². The number of amides is 3. The third-order valence-corrected chi connectivity index (χ3v) is 6.13. The zero-order valence-electron chi connectivity index (χ0n) is 14.3. The van der Waals surface area contributed by atoms with Crippen LogP contribution >= 0.6 is 23.1 Å². The number of imide groups is 1. The second-order valence-electron chi connectivity index (χ2n) is 6.26. The van der Waals surface area contributed by atoms with Crippen molar-refractivity contribution in [2.24, 2.45) is 7.05 Å². The Balaban J connectivity index is 1.74. The van der Waals surface area contributed by atoms with E-state index < -0.39 is 11.9 Å². The third-order valence-electron chi connectivity index (χ3n) is 3.91. The number of hydrogen-bond acceptors (Lipinski definition) is 6. The molecule has 7 nitrogen and oxygen atoms in total. The number of nitrogens with zero attached hydrogens (tertiary/aromatic N) is 2. The van der Waals surface area contributed by atoms with Crippen molar-refractivity contribution in [3.63, 3.8) is 0 Å². The van der Waals surface area contributed by atoms with E-state index in [9.17, 15) is 14.4 Å². The number of fused-ring (bicyclic) bond motifs is 3. The molecule has 0 saturated heterocycles. The van der Waals surface area contributed by atoms with Gasteiger partial charge in [-0.3, -0.25) is 19.5 Å². The molecular weight excluding hydrogens is 360 g/mol. The fourth-order valence-electron chi connectivity index (χ4n) is 2.83. The summed E-state index contributed by atoms with van der Waals surface area (Å²) in [4.78, 5) is 42.6. The molecule has 25 heavy (non-hydrogen) atoms. The number of urea groups is 1. The lowest BCUT2D eigenvalue weighted by Crippen LogP contribution is -2.43. The first-order valence-corrected chi connectivity index (χ1v) is 9.91. The molecule has 2 N–H and O–H groups in total. The Hall–Kier alpha value is -1.87. The van der Waals surface area contributed by atoms with Gasteiger partial charge in [-0.25, -0.2) is 9.78 Å². The molecule has 2 aromatic heterocycles. The van der Waals surface area contributed by atoms with Gasteiger partial charge in [0.05, 0.1) is 11.1 Å². The van der Waals surface area contributed by atoms with Crippen LogP contribution < -0.4 is 16.2 Å². The van der Waals surface area contributed by atoms with Crippen LogP contribution in [0.5, 0.6) is 0 Å². The van der Waals surface area contributed by atoms with Gasteiger partial charge in [0.15, 0.2) is 5.16 Å². The van der Waals surface area contributed by atoms with Crippen LogP contribution in [0.1, 0.15) is 30.7 Å². The van der Waals surface area contributed by atoms with Gasteiger partial charge in [-0.2, -0.15) is 0 Å². The molecule has 0 atom stereocenters. The molecule has 1 aliphatic carbocycles. The second-order valence-corrected chi connectivity index (χ2v) is 8.29. The number of carbonyl (C=O) groups excluding carboxylic acids is 2. The molecule has 0 spiro atoms. The topological polar surface area (TPSA) is 93.1 Å². The summed E-state index contributed by atoms with van der Waals surface area (Å²) < 4.78 is 1.49. The molecule has 2 heterocycles. The molecule has 0 unspecified atom stereocenters. The maximum atomic E-state index is 12.7. The smallest absolute Gasteiger partial charge is 0.321 e. The Kier molecular flexibility index (Phi) is 5.14. The molecule has 1 aliphatic rings. The number of hydrogen-bond donors (Lipinski definition) is 2. The summed E-state index contributed by atoms with van der Waals surface area (Å²) >= 11 is 2.72. The lowest BCUT2D eigenvalue weighted by Gasteiger charge is -2.10. The highest BCUT2D eigenvalue weighted by molar-refractivity contribution is 7.99. The van der Waals surface area contributed by atoms with Crippen molar-refractivity contribution in [3.8, 4) is 0 Å². The average molecular weight is 380 g/mol. The number of carbonyl (C=O) groups is 2. The zero-order valence-corrected chi connectivity index (χ0v) is 16.0. The van der Waals surface area contributed by atoms with Gasteiger partial charge in [-0.05, 0) is 38.7 Å². The molecule has 0 fully saturated rings. The van der Waals surface area contributed by atoms with Crippen molar-refractivity contribution < 1.29 is 9.59 Å². The van der Waals surface area contributed by atoms with Crippen molar-refractivity contribution in [1.82, 2.24) is 20.2 Å². The largest absolute Gasteiger partial charge is 0.336 e. The minimum atomic E-state index is -0.521. The molecule has 134 valence electrons. The first-order valence-electron chi connectivity index (χ1n) is 8.11. The van der Waals surface area contributed by atoms with Gasteiger partial charge in [-0.1, -0.05) is 11.8 Å². The van der Waals surface area contributed by atoms with E-state index in [0.29, 0.717) is 5.16 Å². The number of thiophene rings is 1. The molecule has 0 saturated carbocycles. The van der Waals surface area contributed by atoms with Gasteiger partial charge in [0.1, 0.15) is 4.83 Å². The van der Waals surface area contributed by atoms with Crippen LogP contribution in [0.25, 0.3) is 10.2 Å². The quantitative estimate of drug-likeness (QED) is 0.623. The van der Waals surface area contributed by atoms with E-state index in [-0.39, 0.29) is 17.4 Å². The number of rotatable bonds is 4. The molecule has 9 heteroatoms. The SMILES string of the molecule is CC(C)NC(=O)NC(=O)CSc1nc2sc3c(c2c(=O)n1C)CCC3. The summed E-state index contributed by atoms with van der Waals surface area (Å²) in [5, 5.41) is 6.06. The Morgan fingerprint density at radius 2 is 2.12 bits per heavy atom. The highest BCUT2D eigenvalue weighted by atomic mass is 32.2. The van der Waals surface area contributed by atoms with Gasteiger partial charge >= 0.3 is 6.03 Å². The molecule has 0 aliphatic heterocycles. The standard InChI is InChI=1S/C16H20N4O3S2/c1-8(2)17-15(23)18-11(21)7-24-16-19-13-12(14(22)20(16)3)9-5-4-6-10(9)25-13/h8H,4-7H2,1-3H3,(H2,17,18,21,23). The van der Waals surface area contributed by atoms with Crippen molar-refractivity contribution in [1.29, 1.82) is 0 Å². The number of nitrogens with one attached hydrogen (secondary N) is 2. The zero-order chi connectivity index (χ0) is 18.1. The van der Waals surface area contributed by atoms with Crippen LogP contribution in [0.15, 0.2) is 9.95 Å². The van der Waals surface area contributed by atoms with Crippen molar-refractivity contribution in [3.05, 3.63) is 20.8 Å². The van der Waals surface area contributed by atoms with E-state index in [2.05, 4.69) is 15.6 Å². The van der Waals surface area contributed by atoms with Gasteiger partial charge in [0.25, 0.3) is 5.56 Å². The van der Waals surface area contributed by atoms with E-state index in [1.165, 1.54) is 9.44 Å². The summed E-state index contributed by atoms with van der Waals surface area (Å²) in [6.45, 7) is 3.62. The minimum absolute atomic E-state index is 0.0163. The summed E-state index contributed by atoms with van der Waals surface area (Å²) in [6.07, 6.45) is 3.04. The Morgan fingerprint density at radius 1 is 1.36 bits per heavy atom. The van der Waals surface area contributed by atoms with Crippen LogP contribution in [0, 0.1) is 0 Å². The maximum Gasteiger partial charge on any atom is 0.321 e. The second kappa shape index (κ2) is 7.17. The third kappa shape index (κ3) is 3.72. The van der Waals surface area contributed by atoms with Crippen LogP contribution in [-0.4, -0.2) is 33.3 Å². The van der Waals surface area contributed by atoms with E-state index in [1.807, 2.05) is 13.8 Å². The minimum Gasteiger partial charge on any atom is -0.336 e.